The summed E-state index contributed by atoms with van der Waals surface area (Å²) in [7, 11) is -1.36. The molecule has 0 aromatic carbocycles. The van der Waals surface area contributed by atoms with Crippen LogP contribution in [0.5, 0.6) is 0 Å². The molecule has 0 aliphatic carbocycles. The Morgan fingerprint density at radius 1 is 0.667 bits per heavy atom. The Labute approximate surface area is 199 Å². The summed E-state index contributed by atoms with van der Waals surface area (Å²) in [5, 5.41) is 1.43. The molecule has 4 aromatic rings. The fraction of sp³-hybridized carbons (Fsp3) is 0.357. The molecule has 0 aliphatic heterocycles. The maximum Gasteiger partial charge on any atom is 0.136 e. The molecule has 0 spiro atoms. The zero-order valence-electron chi connectivity index (χ0n) is 21.2. The summed E-state index contributed by atoms with van der Waals surface area (Å²) < 4.78 is 4.26. The van der Waals surface area contributed by atoms with Crippen molar-refractivity contribution in [1.82, 2.24) is 19.1 Å². The molecule has 33 heavy (non-hydrogen) atoms. The molecule has 0 saturated carbocycles. The predicted octanol–water partition coefficient (Wildman–Crippen LogP) is 6.23. The van der Waals surface area contributed by atoms with Crippen LogP contribution in [0.4, 0.5) is 0 Å². The van der Waals surface area contributed by atoms with Gasteiger partial charge in [0.1, 0.15) is 11.6 Å². The van der Waals surface area contributed by atoms with Crippen LogP contribution in [0.2, 0.25) is 19.6 Å². The van der Waals surface area contributed by atoms with Gasteiger partial charge in [0.05, 0.1) is 19.5 Å². The highest BCUT2D eigenvalue weighted by molar-refractivity contribution is 6.88. The molecule has 0 bridgehead atoms. The van der Waals surface area contributed by atoms with Gasteiger partial charge in [0, 0.05) is 30.2 Å². The van der Waals surface area contributed by atoms with E-state index in [1.165, 1.54) is 10.8 Å². The number of hydrogen-bond acceptors (Lipinski definition) is 2. The quantitative estimate of drug-likeness (QED) is 0.334. The van der Waals surface area contributed by atoms with E-state index in [1.54, 1.807) is 0 Å². The van der Waals surface area contributed by atoms with Gasteiger partial charge in [-0.3, -0.25) is 0 Å². The molecule has 0 saturated heterocycles. The lowest BCUT2D eigenvalue weighted by Crippen LogP contribution is -2.36. The average molecular weight is 457 g/mol. The van der Waals surface area contributed by atoms with Gasteiger partial charge in [0.2, 0.25) is 0 Å². The van der Waals surface area contributed by atoms with Gasteiger partial charge in [-0.1, -0.05) is 52.5 Å². The fourth-order valence-corrected chi connectivity index (χ4v) is 5.03. The standard InChI is InChI=1S/C28H36N4Si/c1-27(2,3)21-15-17-31(19-21)25-13-9-11-23(29-25)28(4,5)24-12-10-14-26(30-24)32-18-16-22(20-32)33(6,7)8/h9-20H,1-8H3. The Hall–Kier alpha value is -2.92. The van der Waals surface area contributed by atoms with Gasteiger partial charge in [0.25, 0.3) is 0 Å². The summed E-state index contributed by atoms with van der Waals surface area (Å²) in [5.41, 5.74) is 3.09. The highest BCUT2D eigenvalue weighted by Crippen LogP contribution is 2.30. The van der Waals surface area contributed by atoms with E-state index in [0.29, 0.717) is 0 Å². The molecule has 0 atom stereocenters. The van der Waals surface area contributed by atoms with Crippen molar-refractivity contribution in [3.8, 4) is 11.6 Å². The second kappa shape index (κ2) is 8.14. The summed E-state index contributed by atoms with van der Waals surface area (Å²) in [6, 6.07) is 16.9. The van der Waals surface area contributed by atoms with Crippen molar-refractivity contribution in [3.63, 3.8) is 0 Å². The van der Waals surface area contributed by atoms with E-state index in [-0.39, 0.29) is 10.8 Å². The molecule has 4 aromatic heterocycles. The minimum Gasteiger partial charge on any atom is -0.309 e. The maximum absolute atomic E-state index is 5.06. The third-order valence-corrected chi connectivity index (χ3v) is 8.42. The lowest BCUT2D eigenvalue weighted by molar-refractivity contribution is 0.587. The number of hydrogen-bond donors (Lipinski definition) is 0. The molecular formula is C28H36N4Si. The minimum absolute atomic E-state index is 0.111. The second-order valence-electron chi connectivity index (χ2n) is 11.5. The van der Waals surface area contributed by atoms with Crippen molar-refractivity contribution in [3.05, 3.63) is 90.3 Å². The van der Waals surface area contributed by atoms with Crippen molar-refractivity contribution < 1.29 is 0 Å². The van der Waals surface area contributed by atoms with Crippen LogP contribution < -0.4 is 5.19 Å². The molecule has 0 aliphatic rings. The Balaban J connectivity index is 1.68. The molecule has 0 fully saturated rings. The van der Waals surface area contributed by atoms with E-state index in [4.69, 9.17) is 9.97 Å². The van der Waals surface area contributed by atoms with Crippen molar-refractivity contribution >= 4 is 13.3 Å². The summed E-state index contributed by atoms with van der Waals surface area (Å²) in [5.74, 6) is 1.87. The predicted molar refractivity (Wildman–Crippen MR) is 141 cm³/mol. The van der Waals surface area contributed by atoms with Gasteiger partial charge < -0.3 is 9.13 Å². The zero-order valence-corrected chi connectivity index (χ0v) is 22.2. The lowest BCUT2D eigenvalue weighted by Gasteiger charge is -2.25. The first-order chi connectivity index (χ1) is 15.4. The first kappa shape index (κ1) is 23.2. The van der Waals surface area contributed by atoms with E-state index in [1.807, 2.05) is 0 Å². The van der Waals surface area contributed by atoms with Crippen LogP contribution in [0, 0.1) is 0 Å². The molecule has 0 unspecified atom stereocenters. The zero-order chi connectivity index (χ0) is 24.0. The van der Waals surface area contributed by atoms with Crippen LogP contribution >= 0.6 is 0 Å². The SMILES string of the molecule is CC(C)(C)c1ccn(-c2cccc(C(C)(C)c3cccc(-n4ccc([Si](C)(C)C)c4)n3)n2)c1. The average Bonchev–Trinajstić information content (AvgIpc) is 3.44. The number of rotatable bonds is 5. The van der Waals surface area contributed by atoms with E-state index >= 15 is 0 Å². The number of aromatic nitrogens is 4. The Kier molecular flexibility index (Phi) is 5.73. The van der Waals surface area contributed by atoms with Crippen LogP contribution in [0.15, 0.2) is 73.3 Å². The Morgan fingerprint density at radius 2 is 1.18 bits per heavy atom. The van der Waals surface area contributed by atoms with Gasteiger partial charge in [-0.2, -0.15) is 0 Å². The van der Waals surface area contributed by atoms with Gasteiger partial charge in [-0.15, -0.1) is 0 Å². The maximum atomic E-state index is 5.06. The monoisotopic (exact) mass is 456 g/mol. The van der Waals surface area contributed by atoms with Crippen molar-refractivity contribution in [2.24, 2.45) is 0 Å². The van der Waals surface area contributed by atoms with Crippen molar-refractivity contribution in [1.29, 1.82) is 0 Å². The van der Waals surface area contributed by atoms with Crippen LogP contribution in [0.3, 0.4) is 0 Å². The summed E-state index contributed by atoms with van der Waals surface area (Å²) in [4.78, 5) is 10.1. The molecule has 4 rings (SSSR count). The van der Waals surface area contributed by atoms with Crippen LogP contribution in [-0.4, -0.2) is 27.2 Å². The summed E-state index contributed by atoms with van der Waals surface area (Å²) in [6.07, 6.45) is 8.65. The molecule has 0 radical (unpaired) electrons. The highest BCUT2D eigenvalue weighted by atomic mass is 28.3. The largest absolute Gasteiger partial charge is 0.309 e. The van der Waals surface area contributed by atoms with Crippen LogP contribution in [-0.2, 0) is 10.8 Å². The molecular weight excluding hydrogens is 420 g/mol. The Bertz CT molecular complexity index is 1170. The third-order valence-electron chi connectivity index (χ3n) is 6.40. The van der Waals surface area contributed by atoms with E-state index in [2.05, 4.69) is 137 Å². The normalized spacial score (nSPS) is 12.8. The third kappa shape index (κ3) is 4.74. The topological polar surface area (TPSA) is 35.6 Å². The lowest BCUT2D eigenvalue weighted by atomic mass is 9.84. The number of nitrogens with zero attached hydrogens (tertiary/aromatic N) is 4. The van der Waals surface area contributed by atoms with Crippen LogP contribution in [0.25, 0.3) is 11.6 Å². The van der Waals surface area contributed by atoms with Gasteiger partial charge in [-0.05, 0) is 66.4 Å². The molecule has 172 valence electrons. The molecule has 4 heterocycles. The fourth-order valence-electron chi connectivity index (χ4n) is 3.93. The first-order valence-corrected chi connectivity index (χ1v) is 15.2. The molecule has 0 amide bonds. The van der Waals surface area contributed by atoms with Crippen LogP contribution in [0.1, 0.15) is 51.6 Å². The van der Waals surface area contributed by atoms with Gasteiger partial charge in [0.15, 0.2) is 0 Å². The number of pyridine rings is 2. The summed E-state index contributed by atoms with van der Waals surface area (Å²) in [6.45, 7) is 18.2. The molecule has 5 heteroatoms. The van der Waals surface area contributed by atoms with E-state index in [0.717, 1.165) is 23.0 Å². The first-order valence-electron chi connectivity index (χ1n) is 11.7. The summed E-state index contributed by atoms with van der Waals surface area (Å²) >= 11 is 0. The smallest absolute Gasteiger partial charge is 0.136 e. The second-order valence-corrected chi connectivity index (χ2v) is 16.6. The Morgan fingerprint density at radius 3 is 1.64 bits per heavy atom. The van der Waals surface area contributed by atoms with Crippen molar-refractivity contribution in [2.45, 2.75) is 65.1 Å². The van der Waals surface area contributed by atoms with Gasteiger partial charge in [-0.25, -0.2) is 9.97 Å². The van der Waals surface area contributed by atoms with Crippen molar-refractivity contribution in [2.75, 3.05) is 0 Å². The molecule has 0 N–H and O–H groups in total. The van der Waals surface area contributed by atoms with Gasteiger partial charge >= 0.3 is 0 Å². The highest BCUT2D eigenvalue weighted by Gasteiger charge is 2.27. The molecule has 4 nitrogen and oxygen atoms in total. The minimum atomic E-state index is -1.36. The van der Waals surface area contributed by atoms with E-state index in [9.17, 15) is 0 Å². The van der Waals surface area contributed by atoms with E-state index < -0.39 is 8.07 Å².